The van der Waals surface area contributed by atoms with Crippen LogP contribution in [0, 0.1) is 0 Å². The predicted molar refractivity (Wildman–Crippen MR) is 84.9 cm³/mol. The minimum absolute atomic E-state index is 0.153. The van der Waals surface area contributed by atoms with E-state index in [9.17, 15) is 9.90 Å². The van der Waals surface area contributed by atoms with E-state index in [4.69, 9.17) is 11.6 Å². The Bertz CT molecular complexity index is 524. The molecule has 0 amide bonds. The number of aliphatic hydroxyl groups is 1. The molecule has 1 aromatic rings. The fourth-order valence-corrected chi connectivity index (χ4v) is 2.92. The first-order chi connectivity index (χ1) is 10.1. The largest absolute Gasteiger partial charge is 0.388 e. The third kappa shape index (κ3) is 4.20. The van der Waals surface area contributed by atoms with E-state index in [0.717, 1.165) is 38.5 Å². The fraction of sp³-hybridized carbons (Fsp3) is 0.733. The molecule has 0 radical (unpaired) electrons. The molecular formula is C15H24ClN3O2. The molecule has 0 aromatic carbocycles. The van der Waals surface area contributed by atoms with E-state index in [0.29, 0.717) is 18.8 Å². The van der Waals surface area contributed by atoms with Crippen LogP contribution in [-0.2, 0) is 6.54 Å². The van der Waals surface area contributed by atoms with Crippen LogP contribution >= 0.6 is 11.6 Å². The Hall–Kier alpha value is -1.07. The van der Waals surface area contributed by atoms with Gasteiger partial charge in [0.05, 0.1) is 17.5 Å². The maximum absolute atomic E-state index is 12.1. The zero-order valence-corrected chi connectivity index (χ0v) is 13.3. The standard InChI is InChI=1S/C15H24ClN3O2/c1-2-3-9-19-14(20)13(16)12(10-18-19)17-11-15(21)7-5-4-6-8-15/h10,17,21H,2-9,11H2,1H3. The number of nitrogens with one attached hydrogen (secondary N) is 1. The molecule has 0 spiro atoms. The second kappa shape index (κ2) is 7.27. The lowest BCUT2D eigenvalue weighted by Gasteiger charge is -2.32. The molecule has 1 heterocycles. The van der Waals surface area contributed by atoms with Crippen molar-refractivity contribution in [1.82, 2.24) is 9.78 Å². The summed E-state index contributed by atoms with van der Waals surface area (Å²) in [7, 11) is 0. The predicted octanol–water partition coefficient (Wildman–Crippen LogP) is 2.80. The molecule has 2 rings (SSSR count). The summed E-state index contributed by atoms with van der Waals surface area (Å²) in [5, 5.41) is 17.8. The fourth-order valence-electron chi connectivity index (χ4n) is 2.70. The highest BCUT2D eigenvalue weighted by atomic mass is 35.5. The molecule has 1 aromatic heterocycles. The molecule has 5 nitrogen and oxygen atoms in total. The normalized spacial score (nSPS) is 17.7. The van der Waals surface area contributed by atoms with Crippen molar-refractivity contribution >= 4 is 17.3 Å². The van der Waals surface area contributed by atoms with E-state index in [1.807, 2.05) is 0 Å². The van der Waals surface area contributed by atoms with E-state index in [1.54, 1.807) is 6.20 Å². The zero-order chi connectivity index (χ0) is 15.3. The maximum Gasteiger partial charge on any atom is 0.287 e. The van der Waals surface area contributed by atoms with Crippen LogP contribution in [0.3, 0.4) is 0 Å². The van der Waals surface area contributed by atoms with Gasteiger partial charge in [-0.2, -0.15) is 5.10 Å². The Morgan fingerprint density at radius 2 is 2.14 bits per heavy atom. The number of rotatable bonds is 6. The minimum atomic E-state index is -0.696. The second-order valence-electron chi connectivity index (χ2n) is 5.89. The number of aromatic nitrogens is 2. The van der Waals surface area contributed by atoms with Gasteiger partial charge in [-0.3, -0.25) is 4.79 Å². The molecular weight excluding hydrogens is 290 g/mol. The summed E-state index contributed by atoms with van der Waals surface area (Å²) < 4.78 is 1.40. The van der Waals surface area contributed by atoms with E-state index in [-0.39, 0.29) is 10.6 Å². The molecule has 6 heteroatoms. The molecule has 0 aliphatic heterocycles. The van der Waals surface area contributed by atoms with Gasteiger partial charge in [-0.25, -0.2) is 4.68 Å². The molecule has 1 aliphatic carbocycles. The number of aryl methyl sites for hydroxylation is 1. The quantitative estimate of drug-likeness (QED) is 0.847. The van der Waals surface area contributed by atoms with Crippen LogP contribution in [0.15, 0.2) is 11.0 Å². The van der Waals surface area contributed by atoms with Crippen molar-refractivity contribution in [2.24, 2.45) is 0 Å². The van der Waals surface area contributed by atoms with Gasteiger partial charge < -0.3 is 10.4 Å². The van der Waals surface area contributed by atoms with Crippen molar-refractivity contribution in [1.29, 1.82) is 0 Å². The van der Waals surface area contributed by atoms with Crippen LogP contribution in [0.25, 0.3) is 0 Å². The maximum atomic E-state index is 12.1. The number of anilines is 1. The van der Waals surface area contributed by atoms with Gasteiger partial charge in [-0.1, -0.05) is 44.2 Å². The first-order valence-electron chi connectivity index (χ1n) is 7.77. The number of hydrogen-bond acceptors (Lipinski definition) is 4. The molecule has 0 bridgehead atoms. The third-order valence-corrected chi connectivity index (χ3v) is 4.47. The van der Waals surface area contributed by atoms with Gasteiger partial charge >= 0.3 is 0 Å². The number of hydrogen-bond donors (Lipinski definition) is 2. The average molecular weight is 314 g/mol. The summed E-state index contributed by atoms with van der Waals surface area (Å²) in [4.78, 5) is 12.1. The number of halogens is 1. The van der Waals surface area contributed by atoms with Crippen molar-refractivity contribution < 1.29 is 5.11 Å². The molecule has 1 aliphatic rings. The second-order valence-corrected chi connectivity index (χ2v) is 6.27. The molecule has 2 N–H and O–H groups in total. The van der Waals surface area contributed by atoms with Gasteiger partial charge in [-0.05, 0) is 19.3 Å². The van der Waals surface area contributed by atoms with Crippen LogP contribution in [0.2, 0.25) is 5.02 Å². The Labute approximate surface area is 130 Å². The summed E-state index contributed by atoms with van der Waals surface area (Å²) in [6.07, 6.45) is 8.32. The minimum Gasteiger partial charge on any atom is -0.388 e. The highest BCUT2D eigenvalue weighted by Crippen LogP contribution is 2.28. The van der Waals surface area contributed by atoms with Gasteiger partial charge in [0.1, 0.15) is 5.02 Å². The monoisotopic (exact) mass is 313 g/mol. The summed E-state index contributed by atoms with van der Waals surface area (Å²) in [6.45, 7) is 3.06. The lowest BCUT2D eigenvalue weighted by Crippen LogP contribution is -2.39. The SMILES string of the molecule is CCCCn1ncc(NCC2(O)CCCCC2)c(Cl)c1=O. The topological polar surface area (TPSA) is 67.2 Å². The number of unbranched alkanes of at least 4 members (excludes halogenated alkanes) is 1. The van der Waals surface area contributed by atoms with E-state index in [2.05, 4.69) is 17.3 Å². The van der Waals surface area contributed by atoms with Crippen LogP contribution in [0.1, 0.15) is 51.9 Å². The summed E-state index contributed by atoms with van der Waals surface area (Å²) in [6, 6.07) is 0. The van der Waals surface area contributed by atoms with Gasteiger partial charge in [0.15, 0.2) is 0 Å². The average Bonchev–Trinajstić information content (AvgIpc) is 2.48. The van der Waals surface area contributed by atoms with Crippen molar-refractivity contribution in [3.8, 4) is 0 Å². The molecule has 118 valence electrons. The molecule has 21 heavy (non-hydrogen) atoms. The zero-order valence-electron chi connectivity index (χ0n) is 12.6. The first-order valence-corrected chi connectivity index (χ1v) is 8.15. The molecule has 0 atom stereocenters. The van der Waals surface area contributed by atoms with E-state index in [1.165, 1.54) is 11.1 Å². The molecule has 1 saturated carbocycles. The van der Waals surface area contributed by atoms with Crippen molar-refractivity contribution in [3.63, 3.8) is 0 Å². The molecule has 0 saturated heterocycles. The highest BCUT2D eigenvalue weighted by Gasteiger charge is 2.29. The number of nitrogens with zero attached hydrogens (tertiary/aromatic N) is 2. The van der Waals surface area contributed by atoms with Gasteiger partial charge in [0.2, 0.25) is 0 Å². The van der Waals surface area contributed by atoms with Crippen LogP contribution in [-0.4, -0.2) is 27.0 Å². The Kier molecular flexibility index (Phi) is 5.65. The Morgan fingerprint density at radius 3 is 2.81 bits per heavy atom. The van der Waals surface area contributed by atoms with Crippen LogP contribution < -0.4 is 10.9 Å². The Morgan fingerprint density at radius 1 is 1.43 bits per heavy atom. The lowest BCUT2D eigenvalue weighted by molar-refractivity contribution is 0.0167. The smallest absolute Gasteiger partial charge is 0.287 e. The summed E-state index contributed by atoms with van der Waals surface area (Å²) in [5.74, 6) is 0. The summed E-state index contributed by atoms with van der Waals surface area (Å²) in [5.41, 5.74) is -0.460. The molecule has 0 unspecified atom stereocenters. The molecule has 1 fully saturated rings. The van der Waals surface area contributed by atoms with Crippen LogP contribution in [0.5, 0.6) is 0 Å². The van der Waals surface area contributed by atoms with E-state index >= 15 is 0 Å². The van der Waals surface area contributed by atoms with Crippen molar-refractivity contribution in [3.05, 3.63) is 21.6 Å². The van der Waals surface area contributed by atoms with E-state index < -0.39 is 5.60 Å². The van der Waals surface area contributed by atoms with Gasteiger partial charge in [0, 0.05) is 13.1 Å². The lowest BCUT2D eigenvalue weighted by atomic mass is 9.85. The van der Waals surface area contributed by atoms with Crippen molar-refractivity contribution in [2.75, 3.05) is 11.9 Å². The van der Waals surface area contributed by atoms with Gasteiger partial charge in [0.25, 0.3) is 5.56 Å². The Balaban J connectivity index is 2.03. The van der Waals surface area contributed by atoms with Crippen LogP contribution in [0.4, 0.5) is 5.69 Å². The van der Waals surface area contributed by atoms with Crippen molar-refractivity contribution in [2.45, 2.75) is 64.0 Å². The third-order valence-electron chi connectivity index (χ3n) is 4.10. The van der Waals surface area contributed by atoms with Gasteiger partial charge in [-0.15, -0.1) is 0 Å². The first kappa shape index (κ1) is 16.3. The highest BCUT2D eigenvalue weighted by molar-refractivity contribution is 6.32. The summed E-state index contributed by atoms with van der Waals surface area (Å²) >= 11 is 6.12.